The van der Waals surface area contributed by atoms with Crippen molar-refractivity contribution in [2.75, 3.05) is 6.61 Å². The zero-order valence-electron chi connectivity index (χ0n) is 18.1. The van der Waals surface area contributed by atoms with Gasteiger partial charge in [0.2, 0.25) is 0 Å². The summed E-state index contributed by atoms with van der Waals surface area (Å²) in [7, 11) is 0. The van der Waals surface area contributed by atoms with Crippen LogP contribution in [0.5, 0.6) is 0 Å². The van der Waals surface area contributed by atoms with Gasteiger partial charge < -0.3 is 20.4 Å². The number of hydrogen-bond donors (Lipinski definition) is 4. The molecule has 4 rings (SSSR count). The number of aliphatic hydroxyl groups is 4. The van der Waals surface area contributed by atoms with Crippen LogP contribution in [0.25, 0.3) is 0 Å². The van der Waals surface area contributed by atoms with Crippen LogP contribution in [-0.4, -0.2) is 45.3 Å². The van der Waals surface area contributed by atoms with Crippen molar-refractivity contribution in [3.8, 4) is 0 Å². The van der Waals surface area contributed by atoms with Crippen molar-refractivity contribution in [3.05, 3.63) is 0 Å². The third-order valence-corrected chi connectivity index (χ3v) is 10.3. The molecule has 162 valence electrons. The molecule has 0 aromatic heterocycles. The van der Waals surface area contributed by atoms with Crippen LogP contribution in [0.1, 0.15) is 78.6 Å². The van der Waals surface area contributed by atoms with Crippen molar-refractivity contribution in [1.82, 2.24) is 0 Å². The van der Waals surface area contributed by atoms with Gasteiger partial charge in [-0.3, -0.25) is 0 Å². The van der Waals surface area contributed by atoms with Crippen LogP contribution < -0.4 is 0 Å². The molecule has 9 unspecified atom stereocenters. The molecule has 0 amide bonds. The van der Waals surface area contributed by atoms with Gasteiger partial charge in [0, 0.05) is 6.61 Å². The quantitative estimate of drug-likeness (QED) is 0.589. The van der Waals surface area contributed by atoms with Crippen molar-refractivity contribution in [1.29, 1.82) is 0 Å². The largest absolute Gasteiger partial charge is 0.396 e. The Bertz CT molecular complexity index is 567. The van der Waals surface area contributed by atoms with Crippen molar-refractivity contribution in [3.63, 3.8) is 0 Å². The second kappa shape index (κ2) is 7.51. The van der Waals surface area contributed by atoms with E-state index in [4.69, 9.17) is 0 Å². The Morgan fingerprint density at radius 1 is 0.964 bits per heavy atom. The van der Waals surface area contributed by atoms with Crippen LogP contribution in [0.15, 0.2) is 0 Å². The maximum atomic E-state index is 11.5. The van der Waals surface area contributed by atoms with E-state index in [1.807, 2.05) is 0 Å². The third kappa shape index (κ3) is 3.01. The van der Waals surface area contributed by atoms with E-state index in [-0.39, 0.29) is 35.7 Å². The first-order chi connectivity index (χ1) is 13.2. The second-order valence-electron chi connectivity index (χ2n) is 11.4. The maximum absolute atomic E-state index is 11.5. The number of rotatable bonds is 4. The van der Waals surface area contributed by atoms with Crippen LogP contribution in [0.4, 0.5) is 0 Å². The Hall–Kier alpha value is -0.160. The average molecular weight is 395 g/mol. The minimum atomic E-state index is -0.308. The molecule has 4 nitrogen and oxygen atoms in total. The number of hydrogen-bond acceptors (Lipinski definition) is 4. The van der Waals surface area contributed by atoms with Gasteiger partial charge in [0.05, 0.1) is 18.3 Å². The summed E-state index contributed by atoms with van der Waals surface area (Å²) in [4.78, 5) is 0. The second-order valence-corrected chi connectivity index (χ2v) is 11.4. The maximum Gasteiger partial charge on any atom is 0.0602 e. The van der Waals surface area contributed by atoms with Crippen molar-refractivity contribution < 1.29 is 20.4 Å². The van der Waals surface area contributed by atoms with Crippen molar-refractivity contribution >= 4 is 0 Å². The molecule has 0 heterocycles. The Labute approximate surface area is 170 Å². The summed E-state index contributed by atoms with van der Waals surface area (Å²) >= 11 is 0. The van der Waals surface area contributed by atoms with Crippen LogP contribution in [-0.2, 0) is 0 Å². The molecule has 0 aromatic carbocycles. The summed E-state index contributed by atoms with van der Waals surface area (Å²) in [5.41, 5.74) is 0.0282. The fourth-order valence-corrected chi connectivity index (χ4v) is 8.75. The van der Waals surface area contributed by atoms with Crippen molar-refractivity contribution in [2.24, 2.45) is 46.3 Å². The lowest BCUT2D eigenvalue weighted by Gasteiger charge is -2.63. The summed E-state index contributed by atoms with van der Waals surface area (Å²) in [5.74, 6) is 2.41. The Kier molecular flexibility index (Phi) is 5.66. The Morgan fingerprint density at radius 2 is 1.71 bits per heavy atom. The number of aliphatic hydroxyl groups excluding tert-OH is 4. The van der Waals surface area contributed by atoms with Crippen molar-refractivity contribution in [2.45, 2.75) is 96.9 Å². The van der Waals surface area contributed by atoms with Gasteiger partial charge in [-0.1, -0.05) is 20.8 Å². The molecule has 28 heavy (non-hydrogen) atoms. The SMILES string of the molecule is CC(CCCO)C1CCC2C3C(O)CC4CC(O)CC[C@]4(C)C3CC(O)[C@]12C. The van der Waals surface area contributed by atoms with Gasteiger partial charge in [-0.2, -0.15) is 0 Å². The lowest BCUT2D eigenvalue weighted by molar-refractivity contribution is -0.207. The minimum Gasteiger partial charge on any atom is -0.396 e. The fourth-order valence-electron chi connectivity index (χ4n) is 8.75. The number of fused-ring (bicyclic) bond motifs is 5. The van der Waals surface area contributed by atoms with Gasteiger partial charge in [0.25, 0.3) is 0 Å². The predicted molar refractivity (Wildman–Crippen MR) is 109 cm³/mol. The van der Waals surface area contributed by atoms with Crippen LogP contribution in [0.2, 0.25) is 0 Å². The zero-order chi connectivity index (χ0) is 20.3. The molecular formula is C24H42O4. The summed E-state index contributed by atoms with van der Waals surface area (Å²) in [6.45, 7) is 7.23. The molecule has 11 atom stereocenters. The minimum absolute atomic E-state index is 0.117. The van der Waals surface area contributed by atoms with Crippen LogP contribution in [0.3, 0.4) is 0 Å². The van der Waals surface area contributed by atoms with Gasteiger partial charge in [0.1, 0.15) is 0 Å². The molecule has 0 aromatic rings. The molecule has 4 aliphatic carbocycles. The third-order valence-electron chi connectivity index (χ3n) is 10.3. The topological polar surface area (TPSA) is 80.9 Å². The van der Waals surface area contributed by atoms with Crippen LogP contribution >= 0.6 is 0 Å². The smallest absolute Gasteiger partial charge is 0.0602 e. The first-order valence-electron chi connectivity index (χ1n) is 11.9. The van der Waals surface area contributed by atoms with E-state index in [0.717, 1.165) is 57.8 Å². The van der Waals surface area contributed by atoms with Gasteiger partial charge in [0.15, 0.2) is 0 Å². The van der Waals surface area contributed by atoms with E-state index in [0.29, 0.717) is 35.5 Å². The summed E-state index contributed by atoms with van der Waals surface area (Å²) in [6.07, 6.45) is 7.62. The lowest BCUT2D eigenvalue weighted by atomic mass is 9.43. The van der Waals surface area contributed by atoms with E-state index in [1.54, 1.807) is 0 Å². The lowest BCUT2D eigenvalue weighted by Crippen LogP contribution is -2.62. The molecule has 4 heteroatoms. The highest BCUT2D eigenvalue weighted by Gasteiger charge is 2.65. The Morgan fingerprint density at radius 3 is 2.43 bits per heavy atom. The molecule has 0 radical (unpaired) electrons. The standard InChI is InChI=1S/C24H42O4/c1-14(5-4-10-25)17-6-7-18-22-19(13-21(28)24(17,18)3)23(2)9-8-16(26)11-15(23)12-20(22)27/h14-22,25-28H,4-13H2,1-3H3/t14?,15?,16?,17?,18?,19?,20?,21?,22?,23-,24+/m0/s1. The predicted octanol–water partition coefficient (Wildman–Crippen LogP) is 3.36. The van der Waals surface area contributed by atoms with Gasteiger partial charge in [-0.05, 0) is 104 Å². The molecule has 4 N–H and O–H groups in total. The summed E-state index contributed by atoms with van der Waals surface area (Å²) in [6, 6.07) is 0. The summed E-state index contributed by atoms with van der Waals surface area (Å²) in [5, 5.41) is 42.2. The fraction of sp³-hybridized carbons (Fsp3) is 1.00. The molecule has 0 aliphatic heterocycles. The van der Waals surface area contributed by atoms with Gasteiger partial charge >= 0.3 is 0 Å². The van der Waals surface area contributed by atoms with Crippen LogP contribution in [0, 0.1) is 46.3 Å². The first kappa shape index (κ1) is 21.1. The van der Waals surface area contributed by atoms with Gasteiger partial charge in [-0.15, -0.1) is 0 Å². The zero-order valence-corrected chi connectivity index (χ0v) is 18.1. The van der Waals surface area contributed by atoms with E-state index in [1.165, 1.54) is 0 Å². The first-order valence-corrected chi connectivity index (χ1v) is 11.9. The molecule has 0 spiro atoms. The highest BCUT2D eigenvalue weighted by atomic mass is 16.3. The van der Waals surface area contributed by atoms with E-state index >= 15 is 0 Å². The molecular weight excluding hydrogens is 352 g/mol. The normalized spacial score (nSPS) is 54.5. The molecule has 4 aliphatic rings. The Balaban J connectivity index is 1.62. The van der Waals surface area contributed by atoms with E-state index < -0.39 is 0 Å². The van der Waals surface area contributed by atoms with E-state index in [2.05, 4.69) is 20.8 Å². The molecule has 0 saturated heterocycles. The van der Waals surface area contributed by atoms with E-state index in [9.17, 15) is 20.4 Å². The van der Waals surface area contributed by atoms with Gasteiger partial charge in [-0.25, -0.2) is 0 Å². The molecule has 0 bridgehead atoms. The highest BCUT2D eigenvalue weighted by Crippen LogP contribution is 2.68. The average Bonchev–Trinajstić information content (AvgIpc) is 3.01. The highest BCUT2D eigenvalue weighted by molar-refractivity contribution is 5.14. The summed E-state index contributed by atoms with van der Waals surface area (Å²) < 4.78 is 0. The molecule has 4 fully saturated rings. The molecule has 4 saturated carbocycles. The monoisotopic (exact) mass is 394 g/mol.